The first-order valence-corrected chi connectivity index (χ1v) is 12.7. The van der Waals surface area contributed by atoms with Gasteiger partial charge in [-0.1, -0.05) is 18.2 Å². The summed E-state index contributed by atoms with van der Waals surface area (Å²) in [7, 11) is -3.75. The number of anilines is 2. The van der Waals surface area contributed by atoms with Crippen LogP contribution in [-0.2, 0) is 21.4 Å². The van der Waals surface area contributed by atoms with E-state index in [0.717, 1.165) is 12.1 Å². The molecule has 2 aromatic carbocycles. The summed E-state index contributed by atoms with van der Waals surface area (Å²) in [4.78, 5) is 15.2. The van der Waals surface area contributed by atoms with Gasteiger partial charge in [-0.25, -0.2) is 0 Å². The standard InChI is InChI=1S/C24H31N3O4S/c1-3-27(21-11-13-22(14-12-21)31-4-2)32(29,30)25-16-7-9-20(18-25)24(28)26-17-15-19-8-5-6-10-23(19)26/h5-6,8,10-14,20H,3-4,7,9,15-18H2,1-2H3/t20-/m1/s1. The maximum atomic E-state index is 13.5. The Labute approximate surface area is 190 Å². The number of para-hydroxylation sites is 1. The lowest BCUT2D eigenvalue weighted by atomic mass is 9.98. The van der Waals surface area contributed by atoms with E-state index in [2.05, 4.69) is 6.07 Å². The Kier molecular flexibility index (Phi) is 6.71. The highest BCUT2D eigenvalue weighted by Gasteiger charge is 2.38. The lowest BCUT2D eigenvalue weighted by Crippen LogP contribution is -2.51. The van der Waals surface area contributed by atoms with Crippen molar-refractivity contribution < 1.29 is 17.9 Å². The second-order valence-electron chi connectivity index (χ2n) is 8.17. The highest BCUT2D eigenvalue weighted by molar-refractivity contribution is 7.90. The third-order valence-corrected chi connectivity index (χ3v) is 8.22. The number of piperidine rings is 1. The van der Waals surface area contributed by atoms with Crippen LogP contribution >= 0.6 is 0 Å². The van der Waals surface area contributed by atoms with Gasteiger partial charge in [-0.3, -0.25) is 9.10 Å². The number of rotatable bonds is 7. The molecular weight excluding hydrogens is 426 g/mol. The molecule has 0 spiro atoms. The van der Waals surface area contributed by atoms with Gasteiger partial charge in [0, 0.05) is 31.9 Å². The first-order valence-electron chi connectivity index (χ1n) is 11.4. The number of fused-ring (bicyclic) bond motifs is 1. The second-order valence-corrected chi connectivity index (χ2v) is 10.0. The summed E-state index contributed by atoms with van der Waals surface area (Å²) < 4.78 is 35.4. The molecule has 0 bridgehead atoms. The van der Waals surface area contributed by atoms with Gasteiger partial charge in [0.2, 0.25) is 5.91 Å². The molecule has 2 aliphatic heterocycles. The Balaban J connectivity index is 1.50. The van der Waals surface area contributed by atoms with Gasteiger partial charge in [-0.2, -0.15) is 12.7 Å². The van der Waals surface area contributed by atoms with Crippen molar-refractivity contribution in [3.8, 4) is 5.75 Å². The number of benzene rings is 2. The van der Waals surface area contributed by atoms with Crippen molar-refractivity contribution in [2.75, 3.05) is 42.0 Å². The average molecular weight is 458 g/mol. The fraction of sp³-hybridized carbons (Fsp3) is 0.458. The van der Waals surface area contributed by atoms with E-state index in [-0.39, 0.29) is 18.4 Å². The summed E-state index contributed by atoms with van der Waals surface area (Å²) in [6.07, 6.45) is 2.22. The van der Waals surface area contributed by atoms with E-state index in [1.807, 2.05) is 36.9 Å². The number of nitrogens with zero attached hydrogens (tertiary/aromatic N) is 3. The van der Waals surface area contributed by atoms with E-state index in [1.54, 1.807) is 24.3 Å². The number of hydrogen-bond acceptors (Lipinski definition) is 4. The van der Waals surface area contributed by atoms with Crippen LogP contribution in [0.3, 0.4) is 0 Å². The Bertz CT molecular complexity index is 1060. The zero-order valence-electron chi connectivity index (χ0n) is 18.7. The molecule has 4 rings (SSSR count). The predicted octanol–water partition coefficient (Wildman–Crippen LogP) is 3.46. The number of amides is 1. The van der Waals surface area contributed by atoms with E-state index in [4.69, 9.17) is 4.74 Å². The van der Waals surface area contributed by atoms with Gasteiger partial charge in [0.05, 0.1) is 18.2 Å². The predicted molar refractivity (Wildman–Crippen MR) is 126 cm³/mol. The van der Waals surface area contributed by atoms with Crippen LogP contribution in [0.15, 0.2) is 48.5 Å². The molecule has 0 aliphatic carbocycles. The van der Waals surface area contributed by atoms with Gasteiger partial charge in [0.25, 0.3) is 0 Å². The highest BCUT2D eigenvalue weighted by atomic mass is 32.2. The van der Waals surface area contributed by atoms with E-state index in [1.165, 1.54) is 14.2 Å². The molecule has 2 aliphatic rings. The summed E-state index contributed by atoms with van der Waals surface area (Å²) in [5.41, 5.74) is 2.73. The topological polar surface area (TPSA) is 70.2 Å². The first kappa shape index (κ1) is 22.6. The summed E-state index contributed by atoms with van der Waals surface area (Å²) in [6, 6.07) is 15.0. The SMILES string of the molecule is CCOc1ccc(N(CC)S(=O)(=O)N2CCC[C@@H](C(=O)N3CCc4ccccc43)C2)cc1. The fourth-order valence-corrected chi connectivity index (χ4v) is 6.36. The van der Waals surface area contributed by atoms with Crippen LogP contribution in [0.5, 0.6) is 5.75 Å². The third-order valence-electron chi connectivity index (χ3n) is 6.21. The Hall–Kier alpha value is -2.58. The maximum Gasteiger partial charge on any atom is 0.304 e. The quantitative estimate of drug-likeness (QED) is 0.639. The number of carbonyl (C=O) groups is 1. The summed E-state index contributed by atoms with van der Waals surface area (Å²) >= 11 is 0. The molecule has 0 saturated carbocycles. The first-order chi connectivity index (χ1) is 15.5. The van der Waals surface area contributed by atoms with Crippen LogP contribution in [0.2, 0.25) is 0 Å². The van der Waals surface area contributed by atoms with Gasteiger partial charge >= 0.3 is 10.2 Å². The van der Waals surface area contributed by atoms with Crippen molar-refractivity contribution in [1.29, 1.82) is 0 Å². The van der Waals surface area contributed by atoms with Crippen molar-refractivity contribution >= 4 is 27.5 Å². The summed E-state index contributed by atoms with van der Waals surface area (Å²) in [6.45, 7) is 5.90. The minimum atomic E-state index is -3.75. The smallest absolute Gasteiger partial charge is 0.304 e. The summed E-state index contributed by atoms with van der Waals surface area (Å²) in [5, 5.41) is 0. The molecule has 2 aromatic rings. The zero-order valence-corrected chi connectivity index (χ0v) is 19.6. The molecule has 2 heterocycles. The van der Waals surface area contributed by atoms with E-state index in [9.17, 15) is 13.2 Å². The van der Waals surface area contributed by atoms with Crippen molar-refractivity contribution in [2.24, 2.45) is 5.92 Å². The molecule has 0 aromatic heterocycles. The van der Waals surface area contributed by atoms with E-state index in [0.29, 0.717) is 50.5 Å². The van der Waals surface area contributed by atoms with Crippen molar-refractivity contribution in [2.45, 2.75) is 33.1 Å². The molecule has 172 valence electrons. The lowest BCUT2D eigenvalue weighted by molar-refractivity contribution is -0.123. The molecular formula is C24H31N3O4S. The minimum absolute atomic E-state index is 0.0268. The molecule has 0 N–H and O–H groups in total. The van der Waals surface area contributed by atoms with E-state index < -0.39 is 10.2 Å². The van der Waals surface area contributed by atoms with Crippen LogP contribution in [0.25, 0.3) is 0 Å². The molecule has 1 fully saturated rings. The largest absolute Gasteiger partial charge is 0.494 e. The van der Waals surface area contributed by atoms with Crippen molar-refractivity contribution in [3.63, 3.8) is 0 Å². The van der Waals surface area contributed by atoms with Gasteiger partial charge in [0.1, 0.15) is 5.75 Å². The normalized spacial score (nSPS) is 18.9. The maximum absolute atomic E-state index is 13.5. The summed E-state index contributed by atoms with van der Waals surface area (Å²) in [5.74, 6) is 0.405. The molecule has 8 heteroatoms. The van der Waals surface area contributed by atoms with Crippen LogP contribution < -0.4 is 13.9 Å². The molecule has 1 atom stereocenters. The van der Waals surface area contributed by atoms with Gasteiger partial charge in [0.15, 0.2) is 0 Å². The highest BCUT2D eigenvalue weighted by Crippen LogP contribution is 2.32. The molecule has 1 saturated heterocycles. The third kappa shape index (κ3) is 4.34. The Morgan fingerprint density at radius 3 is 2.56 bits per heavy atom. The van der Waals surface area contributed by atoms with Gasteiger partial charge < -0.3 is 9.64 Å². The molecule has 32 heavy (non-hydrogen) atoms. The Morgan fingerprint density at radius 2 is 1.84 bits per heavy atom. The number of carbonyl (C=O) groups excluding carboxylic acids is 1. The van der Waals surface area contributed by atoms with Crippen LogP contribution in [0, 0.1) is 5.92 Å². The van der Waals surface area contributed by atoms with Crippen molar-refractivity contribution in [1.82, 2.24) is 4.31 Å². The molecule has 7 nitrogen and oxygen atoms in total. The molecule has 1 amide bonds. The molecule has 0 unspecified atom stereocenters. The average Bonchev–Trinajstić information content (AvgIpc) is 3.24. The second kappa shape index (κ2) is 9.50. The zero-order chi connectivity index (χ0) is 22.7. The van der Waals surface area contributed by atoms with Crippen LogP contribution in [0.1, 0.15) is 32.3 Å². The fourth-order valence-electron chi connectivity index (χ4n) is 4.63. The lowest BCUT2D eigenvalue weighted by Gasteiger charge is -2.36. The van der Waals surface area contributed by atoms with Crippen LogP contribution in [-0.4, -0.2) is 51.4 Å². The monoisotopic (exact) mass is 457 g/mol. The van der Waals surface area contributed by atoms with Gasteiger partial charge in [-0.05, 0) is 69.0 Å². The molecule has 0 radical (unpaired) electrons. The Morgan fingerprint density at radius 1 is 1.09 bits per heavy atom. The minimum Gasteiger partial charge on any atom is -0.494 e. The van der Waals surface area contributed by atoms with Crippen LogP contribution in [0.4, 0.5) is 11.4 Å². The number of ether oxygens (including phenoxy) is 1. The van der Waals surface area contributed by atoms with Gasteiger partial charge in [-0.15, -0.1) is 0 Å². The van der Waals surface area contributed by atoms with Crippen molar-refractivity contribution in [3.05, 3.63) is 54.1 Å². The van der Waals surface area contributed by atoms with E-state index >= 15 is 0 Å². The number of hydrogen-bond donors (Lipinski definition) is 0.